The second kappa shape index (κ2) is 9.51. The van der Waals surface area contributed by atoms with Gasteiger partial charge in [-0.2, -0.15) is 0 Å². The molecule has 0 saturated heterocycles. The largest absolute Gasteiger partial charge is 0.476 e. The summed E-state index contributed by atoms with van der Waals surface area (Å²) in [6.07, 6.45) is 0.592. The molecule has 1 atom stereocenters. The van der Waals surface area contributed by atoms with Gasteiger partial charge < -0.3 is 20.5 Å². The number of carboxylic acid groups (broad SMARTS) is 1. The van der Waals surface area contributed by atoms with Crippen LogP contribution in [0.5, 0.6) is 0 Å². The van der Waals surface area contributed by atoms with Crippen molar-refractivity contribution in [1.29, 1.82) is 0 Å². The Kier molecular flexibility index (Phi) is 6.34. The van der Waals surface area contributed by atoms with Crippen LogP contribution in [0.4, 0.5) is 4.79 Å². The third kappa shape index (κ3) is 4.84. The average Bonchev–Trinajstić information content (AvgIpc) is 3.41. The summed E-state index contributed by atoms with van der Waals surface area (Å²) in [5.74, 6) is -1.64. The Morgan fingerprint density at radius 2 is 1.73 bits per heavy atom. The first-order valence-corrected chi connectivity index (χ1v) is 10.5. The van der Waals surface area contributed by atoms with Crippen LogP contribution in [0.3, 0.4) is 0 Å². The summed E-state index contributed by atoms with van der Waals surface area (Å²) < 4.78 is 6.76. The molecule has 10 heteroatoms. The van der Waals surface area contributed by atoms with E-state index in [4.69, 9.17) is 9.84 Å². The number of aromatic nitrogens is 3. The van der Waals surface area contributed by atoms with Gasteiger partial charge >= 0.3 is 12.1 Å². The number of nitrogens with one attached hydrogen (secondary N) is 2. The Bertz CT molecular complexity index is 1150. The highest BCUT2D eigenvalue weighted by molar-refractivity contribution is 5.85. The summed E-state index contributed by atoms with van der Waals surface area (Å²) in [6, 6.07) is 15.3. The Labute approximate surface area is 189 Å². The number of ether oxygens (including phenoxy) is 1. The molecule has 3 N–H and O–H groups in total. The van der Waals surface area contributed by atoms with Crippen LogP contribution in [-0.4, -0.2) is 57.3 Å². The number of hydrogen-bond acceptors (Lipinski definition) is 6. The molecule has 0 aliphatic heterocycles. The molecule has 0 spiro atoms. The van der Waals surface area contributed by atoms with Crippen molar-refractivity contribution in [2.24, 2.45) is 0 Å². The van der Waals surface area contributed by atoms with E-state index in [0.29, 0.717) is 0 Å². The lowest BCUT2D eigenvalue weighted by molar-refractivity contribution is -0.122. The van der Waals surface area contributed by atoms with Gasteiger partial charge in [-0.25, -0.2) is 14.3 Å². The highest BCUT2D eigenvalue weighted by Gasteiger charge is 2.29. The van der Waals surface area contributed by atoms with E-state index in [1.54, 1.807) is 6.92 Å². The topological polar surface area (TPSA) is 135 Å². The molecule has 10 nitrogen and oxygen atoms in total. The van der Waals surface area contributed by atoms with Gasteiger partial charge in [0.2, 0.25) is 5.91 Å². The van der Waals surface area contributed by atoms with Crippen LogP contribution >= 0.6 is 0 Å². The molecule has 3 aromatic rings. The van der Waals surface area contributed by atoms with Crippen molar-refractivity contribution in [2.45, 2.75) is 25.4 Å². The van der Waals surface area contributed by atoms with E-state index >= 15 is 0 Å². The van der Waals surface area contributed by atoms with Gasteiger partial charge in [0, 0.05) is 12.5 Å². The van der Waals surface area contributed by atoms with Crippen LogP contribution in [0.15, 0.2) is 54.7 Å². The molecule has 1 aliphatic rings. The first-order valence-electron chi connectivity index (χ1n) is 10.5. The number of carbonyl (C=O) groups excluding carboxylic acids is 2. The maximum absolute atomic E-state index is 12.3. The van der Waals surface area contributed by atoms with Crippen molar-refractivity contribution in [1.82, 2.24) is 25.6 Å². The molecule has 1 aromatic heterocycles. The highest BCUT2D eigenvalue weighted by Crippen LogP contribution is 2.44. The van der Waals surface area contributed by atoms with E-state index in [0.717, 1.165) is 22.3 Å². The van der Waals surface area contributed by atoms with E-state index in [1.807, 2.05) is 36.4 Å². The number of fused-ring (bicyclic) bond motifs is 3. The standard InChI is InChI=1S/C23H23N5O5/c1-14(21(29)24-10-11-28-12-20(22(30)31)26-27-28)25-23(32)33-13-19-17-8-4-2-6-15(17)16-7-3-5-9-18(16)19/h2-9,12,14,19H,10-11,13H2,1H3,(H,24,29)(H,25,32)(H,30,31). The number of carbonyl (C=O) groups is 3. The van der Waals surface area contributed by atoms with Crippen molar-refractivity contribution >= 4 is 18.0 Å². The zero-order valence-corrected chi connectivity index (χ0v) is 17.9. The van der Waals surface area contributed by atoms with Crippen LogP contribution in [0.2, 0.25) is 0 Å². The molecule has 4 rings (SSSR count). The van der Waals surface area contributed by atoms with Gasteiger partial charge in [0.15, 0.2) is 5.69 Å². The van der Waals surface area contributed by atoms with Crippen molar-refractivity contribution in [3.05, 3.63) is 71.5 Å². The maximum Gasteiger partial charge on any atom is 0.407 e. The second-order valence-electron chi connectivity index (χ2n) is 7.65. The van der Waals surface area contributed by atoms with Gasteiger partial charge in [0.25, 0.3) is 0 Å². The van der Waals surface area contributed by atoms with E-state index in [2.05, 4.69) is 33.1 Å². The molecule has 0 saturated carbocycles. The minimum absolute atomic E-state index is 0.0642. The van der Waals surface area contributed by atoms with E-state index in [9.17, 15) is 14.4 Å². The lowest BCUT2D eigenvalue weighted by Crippen LogP contribution is -2.45. The Balaban J connectivity index is 1.25. The quantitative estimate of drug-likeness (QED) is 0.479. The zero-order valence-electron chi connectivity index (χ0n) is 17.9. The SMILES string of the molecule is CC(NC(=O)OCC1c2ccccc2-c2ccccc21)C(=O)NCCn1cc(C(=O)O)nn1. The molecule has 0 fully saturated rings. The second-order valence-corrected chi connectivity index (χ2v) is 7.65. The maximum atomic E-state index is 12.3. The van der Waals surface area contributed by atoms with Crippen LogP contribution in [0.1, 0.15) is 34.5 Å². The van der Waals surface area contributed by atoms with E-state index < -0.39 is 24.0 Å². The predicted molar refractivity (Wildman–Crippen MR) is 118 cm³/mol. The minimum atomic E-state index is -1.17. The summed E-state index contributed by atoms with van der Waals surface area (Å²) in [5, 5.41) is 21.2. The molecule has 2 aromatic carbocycles. The molecule has 170 valence electrons. The summed E-state index contributed by atoms with van der Waals surface area (Å²) >= 11 is 0. The van der Waals surface area contributed by atoms with Crippen LogP contribution in [-0.2, 0) is 16.1 Å². The Morgan fingerprint density at radius 1 is 1.09 bits per heavy atom. The van der Waals surface area contributed by atoms with Crippen LogP contribution in [0, 0.1) is 0 Å². The third-order valence-electron chi connectivity index (χ3n) is 5.47. The lowest BCUT2D eigenvalue weighted by atomic mass is 9.98. The van der Waals surface area contributed by atoms with Crippen LogP contribution in [0.25, 0.3) is 11.1 Å². The molecular formula is C23H23N5O5. The van der Waals surface area contributed by atoms with E-state index in [-0.39, 0.29) is 31.3 Å². The molecule has 33 heavy (non-hydrogen) atoms. The Hall–Kier alpha value is -4.21. The first-order chi connectivity index (χ1) is 15.9. The monoisotopic (exact) mass is 449 g/mol. The normalized spacial score (nSPS) is 13.0. The van der Waals surface area contributed by atoms with Gasteiger partial charge in [0.1, 0.15) is 12.6 Å². The fourth-order valence-corrected chi connectivity index (χ4v) is 3.83. The average molecular weight is 449 g/mol. The lowest BCUT2D eigenvalue weighted by Gasteiger charge is -2.17. The van der Waals surface area contributed by atoms with Crippen molar-refractivity contribution in [3.63, 3.8) is 0 Å². The molecule has 0 bridgehead atoms. The van der Waals surface area contributed by atoms with E-state index in [1.165, 1.54) is 10.9 Å². The third-order valence-corrected chi connectivity index (χ3v) is 5.47. The van der Waals surface area contributed by atoms with Gasteiger partial charge in [-0.1, -0.05) is 53.7 Å². The number of amides is 2. The van der Waals surface area contributed by atoms with Crippen LogP contribution < -0.4 is 10.6 Å². The molecular weight excluding hydrogens is 426 g/mol. The molecule has 0 radical (unpaired) electrons. The van der Waals surface area contributed by atoms with Crippen molar-refractivity contribution < 1.29 is 24.2 Å². The van der Waals surface area contributed by atoms with Gasteiger partial charge in [0.05, 0.1) is 12.7 Å². The summed E-state index contributed by atoms with van der Waals surface area (Å²) in [6.45, 7) is 2.14. The summed E-state index contributed by atoms with van der Waals surface area (Å²) in [4.78, 5) is 35.4. The molecule has 1 unspecified atom stereocenters. The zero-order chi connectivity index (χ0) is 23.4. The Morgan fingerprint density at radius 3 is 2.33 bits per heavy atom. The number of hydrogen-bond donors (Lipinski definition) is 3. The predicted octanol–water partition coefficient (Wildman–Crippen LogP) is 2.02. The smallest absolute Gasteiger partial charge is 0.407 e. The van der Waals surface area contributed by atoms with Gasteiger partial charge in [-0.15, -0.1) is 5.10 Å². The number of alkyl carbamates (subject to hydrolysis) is 1. The number of rotatable bonds is 8. The first kappa shape index (κ1) is 22.0. The fourth-order valence-electron chi connectivity index (χ4n) is 3.83. The fraction of sp³-hybridized carbons (Fsp3) is 0.261. The number of aromatic carboxylic acids is 1. The summed E-state index contributed by atoms with van der Waals surface area (Å²) in [5.41, 5.74) is 4.31. The number of carboxylic acids is 1. The number of benzene rings is 2. The van der Waals surface area contributed by atoms with Crippen molar-refractivity contribution in [3.8, 4) is 11.1 Å². The molecule has 1 aliphatic carbocycles. The van der Waals surface area contributed by atoms with Gasteiger partial charge in [-0.05, 0) is 29.2 Å². The van der Waals surface area contributed by atoms with Gasteiger partial charge in [-0.3, -0.25) is 4.79 Å². The number of nitrogens with zero attached hydrogens (tertiary/aromatic N) is 3. The summed E-state index contributed by atoms with van der Waals surface area (Å²) in [7, 11) is 0. The molecule has 1 heterocycles. The minimum Gasteiger partial charge on any atom is -0.476 e. The molecule has 2 amide bonds. The van der Waals surface area contributed by atoms with Crippen molar-refractivity contribution in [2.75, 3.05) is 13.2 Å². The highest BCUT2D eigenvalue weighted by atomic mass is 16.5.